The average Bonchev–Trinajstić information content (AvgIpc) is 3.26. The lowest BCUT2D eigenvalue weighted by molar-refractivity contribution is 0.0982. The molecule has 59 heavy (non-hydrogen) atoms. The van der Waals surface area contributed by atoms with E-state index in [-0.39, 0.29) is 0 Å². The van der Waals surface area contributed by atoms with E-state index in [0.717, 1.165) is 69.5 Å². The maximum atomic E-state index is 5.65. The van der Waals surface area contributed by atoms with Crippen LogP contribution in [0.25, 0.3) is 0 Å². The number of likely N-dealkylation sites (N-methyl/N-ethyl adjacent to an activating group) is 3. The molecule has 3 aromatic rings. The Labute approximate surface area is 358 Å². The largest absolute Gasteiger partial charge is 0.496 e. The van der Waals surface area contributed by atoms with Gasteiger partial charge in [0.25, 0.3) is 0 Å². The minimum atomic E-state index is 0.729. The van der Waals surface area contributed by atoms with Gasteiger partial charge in [-0.15, -0.1) is 0 Å². The summed E-state index contributed by atoms with van der Waals surface area (Å²) in [4.78, 5) is 20.2. The fourth-order valence-electron chi connectivity index (χ4n) is 9.27. The molecule has 3 aromatic carbocycles. The van der Waals surface area contributed by atoms with Crippen molar-refractivity contribution >= 4 is 17.1 Å². The predicted molar refractivity (Wildman–Crippen MR) is 250 cm³/mol. The third-order valence-electron chi connectivity index (χ3n) is 13.5. The van der Waals surface area contributed by atoms with E-state index in [2.05, 4.69) is 142 Å². The molecular formula is C49H78N8O2. The zero-order valence-electron chi connectivity index (χ0n) is 38.2. The van der Waals surface area contributed by atoms with E-state index in [1.165, 1.54) is 125 Å². The first-order valence-corrected chi connectivity index (χ1v) is 22.8. The van der Waals surface area contributed by atoms with Crippen molar-refractivity contribution in [2.24, 2.45) is 0 Å². The summed E-state index contributed by atoms with van der Waals surface area (Å²) < 4.78 is 11.1. The number of hydrogen-bond acceptors (Lipinski definition) is 10. The first-order chi connectivity index (χ1) is 28.6. The molecule has 0 unspecified atom stereocenters. The van der Waals surface area contributed by atoms with Crippen molar-refractivity contribution in [3.63, 3.8) is 0 Å². The van der Waals surface area contributed by atoms with Crippen LogP contribution in [0, 0.1) is 20.8 Å². The van der Waals surface area contributed by atoms with Crippen LogP contribution in [0.1, 0.15) is 49.3 Å². The van der Waals surface area contributed by atoms with Gasteiger partial charge in [0.05, 0.1) is 13.7 Å². The highest BCUT2D eigenvalue weighted by Crippen LogP contribution is 2.29. The van der Waals surface area contributed by atoms with Crippen LogP contribution in [0.15, 0.2) is 60.7 Å². The van der Waals surface area contributed by atoms with Gasteiger partial charge < -0.3 is 38.9 Å². The molecule has 0 spiro atoms. The molecule has 5 heterocycles. The lowest BCUT2D eigenvalue weighted by Gasteiger charge is -2.42. The van der Waals surface area contributed by atoms with Crippen LogP contribution in [0.2, 0.25) is 0 Å². The van der Waals surface area contributed by atoms with Crippen LogP contribution in [0.4, 0.5) is 17.1 Å². The smallest absolute Gasteiger partial charge is 0.124 e. The lowest BCUT2D eigenvalue weighted by Crippen LogP contribution is -2.52. The number of piperazine rings is 3. The van der Waals surface area contributed by atoms with Gasteiger partial charge in [-0.25, -0.2) is 0 Å². The van der Waals surface area contributed by atoms with Gasteiger partial charge in [0.1, 0.15) is 11.5 Å². The number of methoxy groups -OCH3 is 1. The minimum Gasteiger partial charge on any atom is -0.496 e. The molecule has 0 amide bonds. The van der Waals surface area contributed by atoms with E-state index >= 15 is 0 Å². The molecule has 0 radical (unpaired) electrons. The third-order valence-corrected chi connectivity index (χ3v) is 13.5. The highest BCUT2D eigenvalue weighted by molar-refractivity contribution is 5.55. The number of nitrogens with zero attached hydrogens (tertiary/aromatic N) is 8. The average molecular weight is 811 g/mol. The van der Waals surface area contributed by atoms with E-state index in [9.17, 15) is 0 Å². The van der Waals surface area contributed by atoms with Crippen LogP contribution in [0.5, 0.6) is 11.5 Å². The topological polar surface area (TPSA) is 44.4 Å². The molecule has 0 aromatic heterocycles. The zero-order valence-corrected chi connectivity index (χ0v) is 38.2. The van der Waals surface area contributed by atoms with Crippen molar-refractivity contribution in [2.75, 3.05) is 154 Å². The molecular weight excluding hydrogens is 733 g/mol. The van der Waals surface area contributed by atoms with Gasteiger partial charge in [-0.1, -0.05) is 29.8 Å². The number of piperidine rings is 2. The van der Waals surface area contributed by atoms with E-state index in [0.29, 0.717) is 0 Å². The first-order valence-electron chi connectivity index (χ1n) is 22.8. The summed E-state index contributed by atoms with van der Waals surface area (Å²) in [5.74, 6) is 2.02. The Hall–Kier alpha value is -3.54. The summed E-state index contributed by atoms with van der Waals surface area (Å²) in [5.41, 5.74) is 7.75. The summed E-state index contributed by atoms with van der Waals surface area (Å²) >= 11 is 0. The molecule has 5 fully saturated rings. The fourth-order valence-corrected chi connectivity index (χ4v) is 9.27. The number of aryl methyl sites for hydroxylation is 3. The maximum absolute atomic E-state index is 5.65. The van der Waals surface area contributed by atoms with Crippen molar-refractivity contribution in [3.8, 4) is 11.5 Å². The lowest BCUT2D eigenvalue weighted by atomic mass is 10.0. The van der Waals surface area contributed by atoms with Gasteiger partial charge in [-0.2, -0.15) is 0 Å². The van der Waals surface area contributed by atoms with E-state index < -0.39 is 0 Å². The van der Waals surface area contributed by atoms with Gasteiger partial charge in [0, 0.05) is 146 Å². The maximum Gasteiger partial charge on any atom is 0.124 e. The highest BCUT2D eigenvalue weighted by atomic mass is 16.5. The van der Waals surface area contributed by atoms with Gasteiger partial charge in [0.15, 0.2) is 0 Å². The second-order valence-electron chi connectivity index (χ2n) is 17.8. The van der Waals surface area contributed by atoms with E-state index in [1.54, 1.807) is 7.11 Å². The summed E-state index contributed by atoms with van der Waals surface area (Å²) in [6, 6.07) is 23.7. The summed E-state index contributed by atoms with van der Waals surface area (Å²) in [5, 5.41) is 0. The molecule has 326 valence electrons. The molecule has 8 rings (SSSR count). The Kier molecular flexibility index (Phi) is 17.0. The van der Waals surface area contributed by atoms with Gasteiger partial charge >= 0.3 is 0 Å². The van der Waals surface area contributed by atoms with Crippen molar-refractivity contribution in [1.29, 1.82) is 0 Å². The van der Waals surface area contributed by atoms with Crippen LogP contribution >= 0.6 is 0 Å². The van der Waals surface area contributed by atoms with Crippen LogP contribution < -0.4 is 24.2 Å². The predicted octanol–water partition coefficient (Wildman–Crippen LogP) is 6.58. The van der Waals surface area contributed by atoms with Crippen LogP contribution in [-0.4, -0.2) is 176 Å². The molecule has 0 N–H and O–H groups in total. The summed E-state index contributed by atoms with van der Waals surface area (Å²) in [7, 11) is 8.39. The Morgan fingerprint density at radius 1 is 0.458 bits per heavy atom. The highest BCUT2D eigenvalue weighted by Gasteiger charge is 2.28. The molecule has 5 aliphatic heterocycles. The molecule has 0 saturated carbocycles. The zero-order chi connectivity index (χ0) is 41.7. The Morgan fingerprint density at radius 3 is 1.27 bits per heavy atom. The summed E-state index contributed by atoms with van der Waals surface area (Å²) in [6.45, 7) is 28.2. The van der Waals surface area contributed by atoms with Gasteiger partial charge in [-0.3, -0.25) is 9.80 Å². The Morgan fingerprint density at radius 2 is 0.831 bits per heavy atom. The Bertz CT molecular complexity index is 1670. The number of hydrogen-bond donors (Lipinski definition) is 0. The van der Waals surface area contributed by atoms with E-state index in [1.807, 2.05) is 6.92 Å². The number of rotatable bonds is 8. The standard InChI is InChI=1S/C18H29N3O.C17H27N3.C14H22N2O/c1-15-4-5-17(14-18(15)22-3)20-8-6-16(7-9-20)21-12-10-19(2)11-13-21;1-15-3-5-16(6-4-15)19-9-7-17(8-10-19)20-13-11-18(2)12-14-20;1-4-17-14-11-13(6-5-12(14)2)16-9-7-15(3)8-10-16/h4-5,14,16H,6-13H2,1-3H3;3-6,17H,7-14H2,1-2H3;5-6,11H,4,7-10H2,1-3H3. The monoisotopic (exact) mass is 811 g/mol. The van der Waals surface area contributed by atoms with E-state index in [4.69, 9.17) is 9.47 Å². The minimum absolute atomic E-state index is 0.729. The number of benzene rings is 3. The first kappa shape index (κ1) is 45.0. The van der Waals surface area contributed by atoms with Crippen molar-refractivity contribution < 1.29 is 9.47 Å². The quantitative estimate of drug-likeness (QED) is 0.250. The number of ether oxygens (including phenoxy) is 2. The molecule has 5 saturated heterocycles. The van der Waals surface area contributed by atoms with Gasteiger partial charge in [0.2, 0.25) is 0 Å². The van der Waals surface area contributed by atoms with Crippen LogP contribution in [-0.2, 0) is 0 Å². The van der Waals surface area contributed by atoms with Crippen molar-refractivity contribution in [3.05, 3.63) is 77.4 Å². The second-order valence-corrected chi connectivity index (χ2v) is 17.8. The fraction of sp³-hybridized carbons (Fsp3) is 0.633. The van der Waals surface area contributed by atoms with Crippen LogP contribution in [0.3, 0.4) is 0 Å². The van der Waals surface area contributed by atoms with Crippen molar-refractivity contribution in [1.82, 2.24) is 24.5 Å². The summed E-state index contributed by atoms with van der Waals surface area (Å²) in [6.07, 6.45) is 5.19. The normalized spacial score (nSPS) is 21.1. The molecule has 0 bridgehead atoms. The number of anilines is 3. The Balaban J connectivity index is 0.000000150. The SMILES string of the molecule is CCOc1cc(N2CCN(C)CC2)ccc1C.COc1cc(N2CCC(N3CCN(C)CC3)CC2)ccc1C.Cc1ccc(N2CCC(N3CCN(C)CC3)CC2)cc1. The molecule has 5 aliphatic rings. The second kappa shape index (κ2) is 22.3. The third kappa shape index (κ3) is 13.0. The molecule has 0 aliphatic carbocycles. The molecule has 10 heteroatoms. The molecule has 0 atom stereocenters. The molecule has 10 nitrogen and oxygen atoms in total. The van der Waals surface area contributed by atoms with Gasteiger partial charge in [-0.05, 0) is 110 Å². The van der Waals surface area contributed by atoms with Crippen molar-refractivity contribution in [2.45, 2.75) is 65.5 Å².